The maximum Gasteiger partial charge on any atom is 0.206 e. The molecule has 0 aliphatic rings. The first kappa shape index (κ1) is 11.1. The monoisotopic (exact) mass is 237 g/mol. The van der Waals surface area contributed by atoms with Crippen molar-refractivity contribution in [3.05, 3.63) is 22.7 Å². The maximum atomic E-state index is 4.31. The molecule has 0 fully saturated rings. The molecule has 86 valence electrons. The van der Waals surface area contributed by atoms with Crippen molar-refractivity contribution in [3.8, 4) is 0 Å². The van der Waals surface area contributed by atoms with Gasteiger partial charge in [0.05, 0.1) is 6.54 Å². The lowest BCUT2D eigenvalue weighted by atomic mass is 10.5. The summed E-state index contributed by atoms with van der Waals surface area (Å²) in [5.41, 5.74) is 1.16. The van der Waals surface area contributed by atoms with Gasteiger partial charge < -0.3 is 9.88 Å². The highest BCUT2D eigenvalue weighted by atomic mass is 32.1. The smallest absolute Gasteiger partial charge is 0.206 e. The van der Waals surface area contributed by atoms with E-state index < -0.39 is 0 Å². The van der Waals surface area contributed by atoms with Crippen LogP contribution in [0.1, 0.15) is 23.4 Å². The fraction of sp³-hybridized carbons (Fsp3) is 0.500. The van der Waals surface area contributed by atoms with Crippen LogP contribution < -0.4 is 5.32 Å². The van der Waals surface area contributed by atoms with E-state index in [4.69, 9.17) is 0 Å². The van der Waals surface area contributed by atoms with Gasteiger partial charge in [0.2, 0.25) is 5.13 Å². The molecule has 0 amide bonds. The van der Waals surface area contributed by atoms with Crippen LogP contribution in [0.15, 0.2) is 6.20 Å². The van der Waals surface area contributed by atoms with E-state index in [1.54, 1.807) is 11.3 Å². The highest BCUT2D eigenvalue weighted by Crippen LogP contribution is 2.16. The Morgan fingerprint density at radius 2 is 2.25 bits per heavy atom. The lowest BCUT2D eigenvalue weighted by Crippen LogP contribution is -2.06. The van der Waals surface area contributed by atoms with Gasteiger partial charge in [-0.15, -0.1) is 10.2 Å². The minimum atomic E-state index is 0.683. The largest absolute Gasteiger partial charge is 0.353 e. The summed E-state index contributed by atoms with van der Waals surface area (Å²) in [7, 11) is 2.01. The summed E-state index contributed by atoms with van der Waals surface area (Å²) in [6.45, 7) is 4.80. The first-order valence-electron chi connectivity index (χ1n) is 5.24. The van der Waals surface area contributed by atoms with Crippen LogP contribution in [-0.4, -0.2) is 19.7 Å². The molecule has 2 heterocycles. The van der Waals surface area contributed by atoms with Crippen LogP contribution in [0, 0.1) is 6.92 Å². The fourth-order valence-corrected chi connectivity index (χ4v) is 2.01. The van der Waals surface area contributed by atoms with E-state index in [2.05, 4.69) is 32.0 Å². The molecule has 0 aliphatic heterocycles. The molecule has 0 saturated carbocycles. The SMILES string of the molecule is CCc1nnc(NCc2ncc(C)n2C)s1. The van der Waals surface area contributed by atoms with E-state index in [9.17, 15) is 0 Å². The molecule has 0 unspecified atom stereocenters. The predicted molar refractivity (Wildman–Crippen MR) is 64.6 cm³/mol. The van der Waals surface area contributed by atoms with Gasteiger partial charge in [0.15, 0.2) is 0 Å². The summed E-state index contributed by atoms with van der Waals surface area (Å²) in [4.78, 5) is 4.31. The summed E-state index contributed by atoms with van der Waals surface area (Å²) in [6, 6.07) is 0. The van der Waals surface area contributed by atoms with E-state index in [-0.39, 0.29) is 0 Å². The van der Waals surface area contributed by atoms with Gasteiger partial charge in [-0.2, -0.15) is 0 Å². The van der Waals surface area contributed by atoms with Crippen LogP contribution in [-0.2, 0) is 20.0 Å². The average Bonchev–Trinajstić information content (AvgIpc) is 2.86. The van der Waals surface area contributed by atoms with Crippen molar-refractivity contribution in [1.29, 1.82) is 0 Å². The summed E-state index contributed by atoms with van der Waals surface area (Å²) < 4.78 is 2.06. The minimum absolute atomic E-state index is 0.683. The summed E-state index contributed by atoms with van der Waals surface area (Å²) >= 11 is 1.59. The molecule has 0 radical (unpaired) electrons. The minimum Gasteiger partial charge on any atom is -0.353 e. The van der Waals surface area contributed by atoms with Crippen LogP contribution >= 0.6 is 11.3 Å². The van der Waals surface area contributed by atoms with Crippen molar-refractivity contribution < 1.29 is 0 Å². The molecule has 0 bridgehead atoms. The third kappa shape index (κ3) is 2.21. The third-order valence-electron chi connectivity index (χ3n) is 2.48. The predicted octanol–water partition coefficient (Wildman–Crippen LogP) is 1.75. The number of nitrogens with zero attached hydrogens (tertiary/aromatic N) is 4. The van der Waals surface area contributed by atoms with E-state index >= 15 is 0 Å². The Morgan fingerprint density at radius 1 is 1.44 bits per heavy atom. The second-order valence-corrected chi connectivity index (χ2v) is 4.64. The Kier molecular flexibility index (Phi) is 3.19. The van der Waals surface area contributed by atoms with Crippen LogP contribution in [0.4, 0.5) is 5.13 Å². The molecule has 2 aromatic heterocycles. The third-order valence-corrected chi connectivity index (χ3v) is 3.51. The summed E-state index contributed by atoms with van der Waals surface area (Å²) in [5, 5.41) is 13.3. The van der Waals surface area contributed by atoms with E-state index in [1.165, 1.54) is 0 Å². The average molecular weight is 237 g/mol. The molecule has 0 atom stereocenters. The summed E-state index contributed by atoms with van der Waals surface area (Å²) in [5.74, 6) is 1.01. The van der Waals surface area contributed by atoms with Crippen molar-refractivity contribution >= 4 is 16.5 Å². The first-order valence-corrected chi connectivity index (χ1v) is 6.05. The number of hydrogen-bond donors (Lipinski definition) is 1. The van der Waals surface area contributed by atoms with Crippen LogP contribution in [0.5, 0.6) is 0 Å². The number of nitrogens with one attached hydrogen (secondary N) is 1. The van der Waals surface area contributed by atoms with Crippen molar-refractivity contribution in [1.82, 2.24) is 19.7 Å². The molecule has 16 heavy (non-hydrogen) atoms. The van der Waals surface area contributed by atoms with E-state index in [0.717, 1.165) is 28.1 Å². The Morgan fingerprint density at radius 3 is 2.81 bits per heavy atom. The number of anilines is 1. The van der Waals surface area contributed by atoms with Crippen molar-refractivity contribution in [3.63, 3.8) is 0 Å². The molecular formula is C10H15N5S. The van der Waals surface area contributed by atoms with Crippen LogP contribution in [0.2, 0.25) is 0 Å². The number of aryl methyl sites for hydroxylation is 2. The Balaban J connectivity index is 1.99. The molecule has 1 N–H and O–H groups in total. The van der Waals surface area contributed by atoms with E-state index in [1.807, 2.05) is 20.2 Å². The zero-order chi connectivity index (χ0) is 11.5. The number of imidazole rings is 1. The van der Waals surface area contributed by atoms with Gasteiger partial charge in [0.1, 0.15) is 10.8 Å². The number of aromatic nitrogens is 4. The highest BCUT2D eigenvalue weighted by Gasteiger charge is 2.05. The topological polar surface area (TPSA) is 55.6 Å². The molecule has 0 aromatic carbocycles. The maximum absolute atomic E-state index is 4.31. The molecule has 0 saturated heterocycles. The molecule has 2 aromatic rings. The second kappa shape index (κ2) is 4.61. The molecular weight excluding hydrogens is 222 g/mol. The quantitative estimate of drug-likeness (QED) is 0.880. The zero-order valence-electron chi connectivity index (χ0n) is 9.69. The molecule has 0 spiro atoms. The van der Waals surface area contributed by atoms with Gasteiger partial charge in [0, 0.05) is 18.9 Å². The Hall–Kier alpha value is -1.43. The number of hydrogen-bond acceptors (Lipinski definition) is 5. The lowest BCUT2D eigenvalue weighted by molar-refractivity contribution is 0.788. The lowest BCUT2D eigenvalue weighted by Gasteiger charge is -2.03. The van der Waals surface area contributed by atoms with E-state index in [0.29, 0.717) is 6.54 Å². The van der Waals surface area contributed by atoms with Gasteiger partial charge in [-0.25, -0.2) is 4.98 Å². The summed E-state index contributed by atoms with van der Waals surface area (Å²) in [6.07, 6.45) is 2.80. The molecule has 6 heteroatoms. The normalized spacial score (nSPS) is 10.7. The van der Waals surface area contributed by atoms with Crippen LogP contribution in [0.25, 0.3) is 0 Å². The fourth-order valence-electron chi connectivity index (χ4n) is 1.33. The van der Waals surface area contributed by atoms with Crippen molar-refractivity contribution in [2.75, 3.05) is 5.32 Å². The van der Waals surface area contributed by atoms with Gasteiger partial charge >= 0.3 is 0 Å². The van der Waals surface area contributed by atoms with Gasteiger partial charge in [-0.05, 0) is 13.3 Å². The second-order valence-electron chi connectivity index (χ2n) is 3.58. The number of rotatable bonds is 4. The Labute approximate surface area is 98.5 Å². The van der Waals surface area contributed by atoms with Gasteiger partial charge in [0.25, 0.3) is 0 Å². The Bertz CT molecular complexity index is 473. The molecule has 2 rings (SSSR count). The first-order chi connectivity index (χ1) is 7.70. The van der Waals surface area contributed by atoms with Crippen molar-refractivity contribution in [2.45, 2.75) is 26.8 Å². The molecule has 5 nitrogen and oxygen atoms in total. The van der Waals surface area contributed by atoms with Gasteiger partial charge in [-0.3, -0.25) is 0 Å². The zero-order valence-corrected chi connectivity index (χ0v) is 10.5. The molecule has 0 aliphatic carbocycles. The highest BCUT2D eigenvalue weighted by molar-refractivity contribution is 7.15. The standard InChI is InChI=1S/C10H15N5S/c1-4-9-13-14-10(16-9)12-6-8-11-5-7(2)15(8)3/h5H,4,6H2,1-3H3,(H,12,14). The van der Waals surface area contributed by atoms with Crippen LogP contribution in [0.3, 0.4) is 0 Å². The van der Waals surface area contributed by atoms with Gasteiger partial charge in [-0.1, -0.05) is 18.3 Å². The van der Waals surface area contributed by atoms with Crippen molar-refractivity contribution in [2.24, 2.45) is 7.05 Å².